The first-order valence-electron chi connectivity index (χ1n) is 4.23. The minimum Gasteiger partial charge on any atom is -0.302 e. The van der Waals surface area contributed by atoms with Crippen molar-refractivity contribution in [3.63, 3.8) is 0 Å². The quantitative estimate of drug-likeness (QED) is 0.677. The number of hydrogen-bond donors (Lipinski definition) is 1. The second kappa shape index (κ2) is 2.49. The molecule has 12 heavy (non-hydrogen) atoms. The average molecular weight is 175 g/mol. The molecule has 2 fully saturated rings. The maximum absolute atomic E-state index is 12.6. The van der Waals surface area contributed by atoms with Crippen LogP contribution in [0.2, 0.25) is 0 Å². The first kappa shape index (κ1) is 8.10. The summed E-state index contributed by atoms with van der Waals surface area (Å²) in [6.45, 7) is -0.337. The van der Waals surface area contributed by atoms with Gasteiger partial charge in [-0.05, 0) is 12.8 Å². The zero-order valence-corrected chi connectivity index (χ0v) is 6.65. The van der Waals surface area contributed by atoms with Gasteiger partial charge in [0.15, 0.2) is 5.78 Å². The van der Waals surface area contributed by atoms with Crippen molar-refractivity contribution in [3.8, 4) is 0 Å². The SMILES string of the molecule is O=C(C1CC1)[C@@H]1CC(F)(F)CN1. The van der Waals surface area contributed by atoms with E-state index in [4.69, 9.17) is 0 Å². The number of halogens is 2. The van der Waals surface area contributed by atoms with Crippen molar-refractivity contribution in [2.24, 2.45) is 5.92 Å². The van der Waals surface area contributed by atoms with Crippen LogP contribution in [0.15, 0.2) is 0 Å². The highest BCUT2D eigenvalue weighted by Gasteiger charge is 2.45. The van der Waals surface area contributed by atoms with E-state index in [-0.39, 0.29) is 24.7 Å². The summed E-state index contributed by atoms with van der Waals surface area (Å²) in [5.41, 5.74) is 0. The molecule has 1 aliphatic carbocycles. The van der Waals surface area contributed by atoms with Crippen molar-refractivity contribution in [2.45, 2.75) is 31.2 Å². The van der Waals surface area contributed by atoms with E-state index in [9.17, 15) is 13.6 Å². The molecule has 4 heteroatoms. The van der Waals surface area contributed by atoms with E-state index < -0.39 is 12.0 Å². The fraction of sp³-hybridized carbons (Fsp3) is 0.875. The number of rotatable bonds is 2. The van der Waals surface area contributed by atoms with E-state index in [1.54, 1.807) is 0 Å². The predicted octanol–water partition coefficient (Wildman–Crippen LogP) is 0.963. The molecule has 2 aliphatic rings. The Kier molecular flexibility index (Phi) is 1.68. The molecule has 0 aromatic carbocycles. The lowest BCUT2D eigenvalue weighted by molar-refractivity contribution is -0.122. The van der Waals surface area contributed by atoms with Crippen LogP contribution in [0.1, 0.15) is 19.3 Å². The summed E-state index contributed by atoms with van der Waals surface area (Å²) in [6.07, 6.45) is 1.48. The lowest BCUT2D eigenvalue weighted by Gasteiger charge is -2.07. The van der Waals surface area contributed by atoms with Gasteiger partial charge in [-0.25, -0.2) is 8.78 Å². The van der Waals surface area contributed by atoms with Crippen LogP contribution in [0.4, 0.5) is 8.78 Å². The Morgan fingerprint density at radius 2 is 2.08 bits per heavy atom. The van der Waals surface area contributed by atoms with Crippen LogP contribution in [0.25, 0.3) is 0 Å². The topological polar surface area (TPSA) is 29.1 Å². The van der Waals surface area contributed by atoms with Crippen LogP contribution in [0, 0.1) is 5.92 Å². The Morgan fingerprint density at radius 1 is 1.42 bits per heavy atom. The summed E-state index contributed by atoms with van der Waals surface area (Å²) in [4.78, 5) is 11.3. The molecule has 0 aromatic rings. The minimum absolute atomic E-state index is 0.00725. The molecular formula is C8H11F2NO. The number of nitrogens with one attached hydrogen (secondary N) is 1. The summed E-state index contributed by atoms with van der Waals surface area (Å²) >= 11 is 0. The monoisotopic (exact) mass is 175 g/mol. The van der Waals surface area contributed by atoms with Crippen LogP contribution in [0.5, 0.6) is 0 Å². The lowest BCUT2D eigenvalue weighted by atomic mass is 10.1. The number of carbonyl (C=O) groups is 1. The van der Waals surface area contributed by atoms with Crippen molar-refractivity contribution in [3.05, 3.63) is 0 Å². The molecule has 0 bridgehead atoms. The van der Waals surface area contributed by atoms with Gasteiger partial charge in [0, 0.05) is 12.3 Å². The molecule has 0 amide bonds. The number of hydrogen-bond acceptors (Lipinski definition) is 2. The lowest BCUT2D eigenvalue weighted by Crippen LogP contribution is -2.31. The second-order valence-corrected chi connectivity index (χ2v) is 3.67. The molecule has 0 spiro atoms. The molecule has 1 aliphatic heterocycles. The standard InChI is InChI=1S/C8H11F2NO/c9-8(10)3-6(11-4-8)7(12)5-1-2-5/h5-6,11H,1-4H2/t6-/m0/s1. The fourth-order valence-corrected chi connectivity index (χ4v) is 1.57. The molecule has 68 valence electrons. The van der Waals surface area contributed by atoms with Crippen molar-refractivity contribution in [2.75, 3.05) is 6.54 Å². The number of Topliss-reactive ketones (excluding diaryl/α,β-unsaturated/α-hetero) is 1. The summed E-state index contributed by atoms with van der Waals surface area (Å²) < 4.78 is 25.2. The molecule has 0 aromatic heterocycles. The van der Waals surface area contributed by atoms with E-state index in [0.717, 1.165) is 12.8 Å². The smallest absolute Gasteiger partial charge is 0.262 e. The van der Waals surface area contributed by atoms with E-state index in [1.165, 1.54) is 0 Å². The first-order valence-corrected chi connectivity index (χ1v) is 4.23. The van der Waals surface area contributed by atoms with E-state index >= 15 is 0 Å². The van der Waals surface area contributed by atoms with Crippen LogP contribution in [0.3, 0.4) is 0 Å². The molecule has 0 radical (unpaired) electrons. The average Bonchev–Trinajstić information content (AvgIpc) is 2.75. The van der Waals surface area contributed by atoms with Crippen molar-refractivity contribution < 1.29 is 13.6 Å². The zero-order chi connectivity index (χ0) is 8.77. The molecule has 1 saturated heterocycles. The van der Waals surface area contributed by atoms with Gasteiger partial charge in [0.25, 0.3) is 5.92 Å². The van der Waals surface area contributed by atoms with Gasteiger partial charge in [0.1, 0.15) is 0 Å². The Hall–Kier alpha value is -0.510. The van der Waals surface area contributed by atoms with Crippen molar-refractivity contribution in [1.82, 2.24) is 5.32 Å². The summed E-state index contributed by atoms with van der Waals surface area (Å²) in [7, 11) is 0. The minimum atomic E-state index is -2.67. The molecule has 2 rings (SSSR count). The third-order valence-corrected chi connectivity index (χ3v) is 2.43. The molecule has 1 saturated carbocycles. The highest BCUT2D eigenvalue weighted by molar-refractivity contribution is 5.88. The van der Waals surface area contributed by atoms with Crippen molar-refractivity contribution in [1.29, 1.82) is 0 Å². The second-order valence-electron chi connectivity index (χ2n) is 3.67. The highest BCUT2D eigenvalue weighted by atomic mass is 19.3. The van der Waals surface area contributed by atoms with Gasteiger partial charge in [-0.2, -0.15) is 0 Å². The van der Waals surface area contributed by atoms with Gasteiger partial charge in [0.05, 0.1) is 12.6 Å². The number of carbonyl (C=O) groups excluding carboxylic acids is 1. The van der Waals surface area contributed by atoms with Crippen molar-refractivity contribution >= 4 is 5.78 Å². The Bertz CT molecular complexity index is 213. The number of alkyl halides is 2. The van der Waals surface area contributed by atoms with Crippen LogP contribution < -0.4 is 5.32 Å². The van der Waals surface area contributed by atoms with Crippen LogP contribution in [-0.2, 0) is 4.79 Å². The maximum atomic E-state index is 12.6. The van der Waals surface area contributed by atoms with Gasteiger partial charge >= 0.3 is 0 Å². The Labute approximate surface area is 69.3 Å². The molecule has 1 atom stereocenters. The van der Waals surface area contributed by atoms with Gasteiger partial charge in [-0.15, -0.1) is 0 Å². The van der Waals surface area contributed by atoms with E-state index in [1.807, 2.05) is 0 Å². The molecule has 1 heterocycles. The van der Waals surface area contributed by atoms with Gasteiger partial charge in [-0.1, -0.05) is 0 Å². The third-order valence-electron chi connectivity index (χ3n) is 2.43. The Balaban J connectivity index is 1.94. The molecule has 2 nitrogen and oxygen atoms in total. The van der Waals surface area contributed by atoms with Crippen LogP contribution >= 0.6 is 0 Å². The van der Waals surface area contributed by atoms with Gasteiger partial charge < -0.3 is 5.32 Å². The highest BCUT2D eigenvalue weighted by Crippen LogP contribution is 2.35. The molecule has 1 N–H and O–H groups in total. The third kappa shape index (κ3) is 1.48. The summed E-state index contributed by atoms with van der Waals surface area (Å²) in [6, 6.07) is -0.576. The number of ketones is 1. The molecule has 0 unspecified atom stereocenters. The van der Waals surface area contributed by atoms with Crippen LogP contribution in [-0.4, -0.2) is 24.3 Å². The summed E-state index contributed by atoms with van der Waals surface area (Å²) in [5, 5.41) is 2.57. The maximum Gasteiger partial charge on any atom is 0.262 e. The van der Waals surface area contributed by atoms with Gasteiger partial charge in [0.2, 0.25) is 0 Å². The normalized spacial score (nSPS) is 33.7. The largest absolute Gasteiger partial charge is 0.302 e. The predicted molar refractivity (Wildman–Crippen MR) is 39.1 cm³/mol. The Morgan fingerprint density at radius 3 is 2.50 bits per heavy atom. The van der Waals surface area contributed by atoms with E-state index in [2.05, 4.69) is 5.32 Å². The molecular weight excluding hydrogens is 164 g/mol. The van der Waals surface area contributed by atoms with Gasteiger partial charge in [-0.3, -0.25) is 4.79 Å². The zero-order valence-electron chi connectivity index (χ0n) is 6.65. The first-order chi connectivity index (χ1) is 5.58. The fourth-order valence-electron chi connectivity index (χ4n) is 1.57. The van der Waals surface area contributed by atoms with E-state index in [0.29, 0.717) is 0 Å². The summed E-state index contributed by atoms with van der Waals surface area (Å²) in [5.74, 6) is -2.60.